The molecule has 20 heavy (non-hydrogen) atoms. The molecule has 0 radical (unpaired) electrons. The standard InChI is InChI=1S/C14H21F3N2O/c1-4-19(10(2)9-20-3)13-6-5-11(8-18)7-12(13)14(15,16)17/h5-7,10H,4,8-9,18H2,1-3H3. The minimum absolute atomic E-state index is 0.0864. The van der Waals surface area contributed by atoms with Crippen molar-refractivity contribution in [1.82, 2.24) is 0 Å². The summed E-state index contributed by atoms with van der Waals surface area (Å²) < 4.78 is 44.7. The molecule has 0 amide bonds. The van der Waals surface area contributed by atoms with Crippen molar-refractivity contribution in [1.29, 1.82) is 0 Å². The molecular formula is C14H21F3N2O. The zero-order chi connectivity index (χ0) is 15.3. The van der Waals surface area contributed by atoms with Gasteiger partial charge in [0.25, 0.3) is 0 Å². The van der Waals surface area contributed by atoms with Gasteiger partial charge >= 0.3 is 6.18 Å². The number of nitrogens with zero attached hydrogens (tertiary/aromatic N) is 1. The summed E-state index contributed by atoms with van der Waals surface area (Å²) in [6, 6.07) is 4.10. The molecule has 1 aromatic rings. The first kappa shape index (κ1) is 16.8. The Hall–Kier alpha value is -1.27. The molecule has 0 saturated heterocycles. The van der Waals surface area contributed by atoms with Gasteiger partial charge in [-0.2, -0.15) is 13.2 Å². The molecule has 6 heteroatoms. The third-order valence-electron chi connectivity index (χ3n) is 3.19. The van der Waals surface area contributed by atoms with Crippen molar-refractivity contribution >= 4 is 5.69 Å². The number of benzene rings is 1. The predicted molar refractivity (Wildman–Crippen MR) is 73.7 cm³/mol. The van der Waals surface area contributed by atoms with Gasteiger partial charge in [-0.15, -0.1) is 0 Å². The van der Waals surface area contributed by atoms with Gasteiger partial charge in [-0.1, -0.05) is 6.07 Å². The minimum atomic E-state index is -4.40. The summed E-state index contributed by atoms with van der Waals surface area (Å²) in [6.07, 6.45) is -4.40. The monoisotopic (exact) mass is 290 g/mol. The predicted octanol–water partition coefficient (Wildman–Crippen LogP) is 3.03. The molecule has 0 spiro atoms. The summed E-state index contributed by atoms with van der Waals surface area (Å²) in [5.74, 6) is 0. The molecule has 0 aromatic heterocycles. The molecule has 3 nitrogen and oxygen atoms in total. The first-order valence-corrected chi connectivity index (χ1v) is 6.50. The summed E-state index contributed by atoms with van der Waals surface area (Å²) >= 11 is 0. The summed E-state index contributed by atoms with van der Waals surface area (Å²) in [6.45, 7) is 4.58. The molecule has 114 valence electrons. The Labute approximate surface area is 117 Å². The van der Waals surface area contributed by atoms with Gasteiger partial charge in [0.05, 0.1) is 12.2 Å². The Balaban J connectivity index is 3.27. The van der Waals surface area contributed by atoms with Gasteiger partial charge < -0.3 is 15.4 Å². The van der Waals surface area contributed by atoms with Crippen LogP contribution in [0.4, 0.5) is 18.9 Å². The average Bonchev–Trinajstić information content (AvgIpc) is 2.39. The Bertz CT molecular complexity index is 435. The molecule has 0 fully saturated rings. The molecule has 0 bridgehead atoms. The van der Waals surface area contributed by atoms with Gasteiger partial charge in [-0.3, -0.25) is 0 Å². The van der Waals surface area contributed by atoms with Crippen LogP contribution in [-0.2, 0) is 17.5 Å². The van der Waals surface area contributed by atoms with Crippen LogP contribution in [0.2, 0.25) is 0 Å². The molecule has 1 unspecified atom stereocenters. The van der Waals surface area contributed by atoms with Crippen molar-refractivity contribution in [2.75, 3.05) is 25.2 Å². The van der Waals surface area contributed by atoms with Crippen LogP contribution < -0.4 is 10.6 Å². The van der Waals surface area contributed by atoms with Crippen molar-refractivity contribution in [2.24, 2.45) is 5.73 Å². The van der Waals surface area contributed by atoms with Crippen molar-refractivity contribution in [3.8, 4) is 0 Å². The van der Waals surface area contributed by atoms with Crippen LogP contribution in [-0.4, -0.2) is 26.3 Å². The highest BCUT2D eigenvalue weighted by Crippen LogP contribution is 2.37. The van der Waals surface area contributed by atoms with E-state index in [2.05, 4.69) is 0 Å². The van der Waals surface area contributed by atoms with E-state index in [0.717, 1.165) is 6.07 Å². The highest BCUT2D eigenvalue weighted by atomic mass is 19.4. The van der Waals surface area contributed by atoms with Gasteiger partial charge in [0, 0.05) is 31.9 Å². The number of halogens is 3. The van der Waals surface area contributed by atoms with E-state index in [9.17, 15) is 13.2 Å². The van der Waals surface area contributed by atoms with Gasteiger partial charge in [-0.25, -0.2) is 0 Å². The van der Waals surface area contributed by atoms with E-state index in [4.69, 9.17) is 10.5 Å². The lowest BCUT2D eigenvalue weighted by Crippen LogP contribution is -2.37. The zero-order valence-corrected chi connectivity index (χ0v) is 12.0. The molecular weight excluding hydrogens is 269 g/mol. The second-order valence-electron chi connectivity index (χ2n) is 4.64. The Morgan fingerprint density at radius 2 is 2.00 bits per heavy atom. The number of methoxy groups -OCH3 is 1. The first-order valence-electron chi connectivity index (χ1n) is 6.50. The van der Waals surface area contributed by atoms with Gasteiger partial charge in [-0.05, 0) is 31.5 Å². The highest BCUT2D eigenvalue weighted by Gasteiger charge is 2.35. The fourth-order valence-corrected chi connectivity index (χ4v) is 2.24. The molecule has 0 aliphatic heterocycles. The number of hydrogen-bond donors (Lipinski definition) is 1. The summed E-state index contributed by atoms with van der Waals surface area (Å²) in [7, 11) is 1.53. The lowest BCUT2D eigenvalue weighted by molar-refractivity contribution is -0.137. The topological polar surface area (TPSA) is 38.5 Å². The Morgan fingerprint density at radius 3 is 2.45 bits per heavy atom. The molecule has 0 aliphatic carbocycles. The van der Waals surface area contributed by atoms with E-state index < -0.39 is 11.7 Å². The third-order valence-corrected chi connectivity index (χ3v) is 3.19. The van der Waals surface area contributed by atoms with Gasteiger partial charge in [0.2, 0.25) is 0 Å². The second kappa shape index (κ2) is 6.95. The van der Waals surface area contributed by atoms with Crippen molar-refractivity contribution in [2.45, 2.75) is 32.6 Å². The quantitative estimate of drug-likeness (QED) is 0.875. The molecule has 1 aromatic carbocycles. The number of nitrogens with two attached hydrogens (primary N) is 1. The number of hydrogen-bond acceptors (Lipinski definition) is 3. The van der Waals surface area contributed by atoms with E-state index in [1.807, 2.05) is 13.8 Å². The average molecular weight is 290 g/mol. The number of anilines is 1. The normalized spacial score (nSPS) is 13.3. The molecule has 1 rings (SSSR count). The number of ether oxygens (including phenoxy) is 1. The van der Waals surface area contributed by atoms with Crippen LogP contribution in [0.3, 0.4) is 0 Å². The molecule has 2 N–H and O–H groups in total. The highest BCUT2D eigenvalue weighted by molar-refractivity contribution is 5.57. The Kier molecular flexibility index (Phi) is 5.83. The molecule has 0 aliphatic rings. The lowest BCUT2D eigenvalue weighted by Gasteiger charge is -2.32. The van der Waals surface area contributed by atoms with E-state index >= 15 is 0 Å². The maximum Gasteiger partial charge on any atom is 0.418 e. The van der Waals surface area contributed by atoms with E-state index in [-0.39, 0.29) is 18.3 Å². The maximum absolute atomic E-state index is 13.2. The van der Waals surface area contributed by atoms with E-state index in [1.54, 1.807) is 11.0 Å². The van der Waals surface area contributed by atoms with E-state index in [0.29, 0.717) is 18.7 Å². The summed E-state index contributed by atoms with van der Waals surface area (Å²) in [4.78, 5) is 1.69. The largest absolute Gasteiger partial charge is 0.418 e. The van der Waals surface area contributed by atoms with Crippen LogP contribution in [0, 0.1) is 0 Å². The Morgan fingerprint density at radius 1 is 1.35 bits per heavy atom. The molecule has 0 saturated carbocycles. The van der Waals surface area contributed by atoms with Crippen LogP contribution in [0.5, 0.6) is 0 Å². The van der Waals surface area contributed by atoms with Crippen molar-refractivity contribution in [3.63, 3.8) is 0 Å². The van der Waals surface area contributed by atoms with Crippen LogP contribution >= 0.6 is 0 Å². The van der Waals surface area contributed by atoms with E-state index in [1.165, 1.54) is 13.2 Å². The second-order valence-corrected chi connectivity index (χ2v) is 4.64. The van der Waals surface area contributed by atoms with Gasteiger partial charge in [0.15, 0.2) is 0 Å². The fourth-order valence-electron chi connectivity index (χ4n) is 2.24. The minimum Gasteiger partial charge on any atom is -0.383 e. The number of alkyl halides is 3. The van der Waals surface area contributed by atoms with Crippen LogP contribution in [0.15, 0.2) is 18.2 Å². The third kappa shape index (κ3) is 3.86. The first-order chi connectivity index (χ1) is 9.35. The smallest absolute Gasteiger partial charge is 0.383 e. The number of likely N-dealkylation sites (N-methyl/N-ethyl adjacent to an activating group) is 1. The summed E-state index contributed by atoms with van der Waals surface area (Å²) in [5.41, 5.74) is 5.42. The van der Waals surface area contributed by atoms with Crippen LogP contribution in [0.25, 0.3) is 0 Å². The lowest BCUT2D eigenvalue weighted by atomic mass is 10.1. The fraction of sp³-hybridized carbons (Fsp3) is 0.571. The molecule has 1 atom stereocenters. The zero-order valence-electron chi connectivity index (χ0n) is 12.0. The SMILES string of the molecule is CCN(c1ccc(CN)cc1C(F)(F)F)C(C)COC. The van der Waals surface area contributed by atoms with Crippen molar-refractivity contribution in [3.05, 3.63) is 29.3 Å². The summed E-state index contributed by atoms with van der Waals surface area (Å²) in [5, 5.41) is 0. The maximum atomic E-state index is 13.2. The number of rotatable bonds is 6. The molecule has 0 heterocycles. The van der Waals surface area contributed by atoms with Crippen molar-refractivity contribution < 1.29 is 17.9 Å². The van der Waals surface area contributed by atoms with Crippen LogP contribution in [0.1, 0.15) is 25.0 Å². The van der Waals surface area contributed by atoms with Gasteiger partial charge in [0.1, 0.15) is 0 Å².